The summed E-state index contributed by atoms with van der Waals surface area (Å²) in [7, 11) is 0. The lowest BCUT2D eigenvalue weighted by Gasteiger charge is -2.55. The molecule has 2 unspecified atom stereocenters. The van der Waals surface area contributed by atoms with Gasteiger partial charge in [0.1, 0.15) is 0 Å². The molecule has 0 bridgehead atoms. The topological polar surface area (TPSA) is 0 Å². The summed E-state index contributed by atoms with van der Waals surface area (Å²) in [6.45, 7) is 8.76. The van der Waals surface area contributed by atoms with Crippen LogP contribution in [0.25, 0.3) is 0 Å². The molecule has 1 fully saturated rings. The molecule has 0 aliphatic heterocycles. The molecule has 1 saturated carbocycles. The summed E-state index contributed by atoms with van der Waals surface area (Å²) in [6.07, 6.45) is 7.18. The minimum absolute atomic E-state index is 0.0756. The van der Waals surface area contributed by atoms with Gasteiger partial charge in [-0.15, -0.1) is 0 Å². The highest BCUT2D eigenvalue weighted by molar-refractivity contribution is 5.03. The Morgan fingerprint density at radius 2 is 1.28 bits per heavy atom. The first-order valence-electron chi connectivity index (χ1n) is 7.75. The zero-order valence-electron chi connectivity index (χ0n) is 12.6. The van der Waals surface area contributed by atoms with Gasteiger partial charge in [0.05, 0.1) is 0 Å². The van der Waals surface area contributed by atoms with Gasteiger partial charge in [0, 0.05) is 12.8 Å². The van der Waals surface area contributed by atoms with Crippen molar-refractivity contribution in [1.29, 1.82) is 0 Å². The Morgan fingerprint density at radius 3 is 1.56 bits per heavy atom. The monoisotopic (exact) mass is 260 g/mol. The molecule has 0 heterocycles. The van der Waals surface area contributed by atoms with E-state index >= 15 is 0 Å². The van der Waals surface area contributed by atoms with Crippen molar-refractivity contribution in [1.82, 2.24) is 0 Å². The Morgan fingerprint density at radius 1 is 0.889 bits per heavy atom. The summed E-state index contributed by atoms with van der Waals surface area (Å²) < 4.78 is 26.8. The van der Waals surface area contributed by atoms with Gasteiger partial charge >= 0.3 is 0 Å². The Hall–Kier alpha value is -0.140. The molecule has 0 saturated heterocycles. The molecule has 2 atom stereocenters. The maximum atomic E-state index is 13.4. The summed E-state index contributed by atoms with van der Waals surface area (Å²) in [5, 5.41) is 0. The van der Waals surface area contributed by atoms with Crippen LogP contribution in [0.15, 0.2) is 0 Å². The van der Waals surface area contributed by atoms with E-state index in [9.17, 15) is 8.78 Å². The largest absolute Gasteiger partial charge is 0.249 e. The number of rotatable bonds is 8. The molecule has 0 radical (unpaired) electrons. The van der Waals surface area contributed by atoms with Crippen LogP contribution in [-0.4, -0.2) is 5.92 Å². The number of hydrogen-bond donors (Lipinski definition) is 0. The molecule has 18 heavy (non-hydrogen) atoms. The maximum Gasteiger partial charge on any atom is 0.249 e. The van der Waals surface area contributed by atoms with Crippen molar-refractivity contribution in [2.75, 3.05) is 0 Å². The fourth-order valence-electron chi connectivity index (χ4n) is 3.69. The van der Waals surface area contributed by atoms with Gasteiger partial charge in [-0.05, 0) is 17.3 Å². The molecule has 2 heteroatoms. The fourth-order valence-corrected chi connectivity index (χ4v) is 3.69. The molecule has 0 nitrogen and oxygen atoms in total. The second kappa shape index (κ2) is 6.34. The van der Waals surface area contributed by atoms with E-state index < -0.39 is 5.92 Å². The van der Waals surface area contributed by atoms with Gasteiger partial charge in [-0.1, -0.05) is 66.2 Å². The first-order chi connectivity index (χ1) is 8.38. The van der Waals surface area contributed by atoms with E-state index in [0.717, 1.165) is 12.8 Å². The van der Waals surface area contributed by atoms with Crippen LogP contribution in [0.4, 0.5) is 8.78 Å². The van der Waals surface area contributed by atoms with E-state index in [-0.39, 0.29) is 18.3 Å². The minimum Gasteiger partial charge on any atom is -0.207 e. The van der Waals surface area contributed by atoms with Crippen molar-refractivity contribution in [3.8, 4) is 0 Å². The van der Waals surface area contributed by atoms with Crippen LogP contribution in [0.1, 0.15) is 79.1 Å². The lowest BCUT2D eigenvalue weighted by atomic mass is 9.52. The van der Waals surface area contributed by atoms with E-state index in [1.165, 1.54) is 25.7 Å². The maximum absolute atomic E-state index is 13.4. The molecular formula is C16H30F2. The highest BCUT2D eigenvalue weighted by Crippen LogP contribution is 2.61. The number of alkyl halides is 2. The van der Waals surface area contributed by atoms with Gasteiger partial charge in [-0.3, -0.25) is 0 Å². The van der Waals surface area contributed by atoms with Crippen molar-refractivity contribution in [3.63, 3.8) is 0 Å². The van der Waals surface area contributed by atoms with Gasteiger partial charge in [0.15, 0.2) is 0 Å². The van der Waals surface area contributed by atoms with E-state index in [4.69, 9.17) is 0 Å². The molecule has 1 aliphatic rings. The first-order valence-corrected chi connectivity index (χ1v) is 7.75. The van der Waals surface area contributed by atoms with E-state index in [2.05, 4.69) is 27.7 Å². The molecule has 0 aromatic heterocycles. The average molecular weight is 260 g/mol. The van der Waals surface area contributed by atoms with E-state index in [0.29, 0.717) is 11.8 Å². The lowest BCUT2D eigenvalue weighted by Crippen LogP contribution is -2.53. The van der Waals surface area contributed by atoms with Gasteiger partial charge in [-0.2, -0.15) is 0 Å². The Kier molecular flexibility index (Phi) is 5.61. The van der Waals surface area contributed by atoms with Crippen LogP contribution in [0.5, 0.6) is 0 Å². The predicted octanol–water partition coefficient (Wildman–Crippen LogP) is 6.05. The highest BCUT2D eigenvalue weighted by Gasteiger charge is 2.60. The highest BCUT2D eigenvalue weighted by atomic mass is 19.3. The van der Waals surface area contributed by atoms with Crippen molar-refractivity contribution in [2.45, 2.75) is 85.0 Å². The number of halogens is 2. The predicted molar refractivity (Wildman–Crippen MR) is 74.0 cm³/mol. The Balaban J connectivity index is 2.65. The third kappa shape index (κ3) is 3.45. The van der Waals surface area contributed by atoms with Gasteiger partial charge in [0.2, 0.25) is 5.92 Å². The smallest absolute Gasteiger partial charge is 0.207 e. The molecule has 0 aromatic rings. The molecular weight excluding hydrogens is 230 g/mol. The van der Waals surface area contributed by atoms with E-state index in [1.54, 1.807) is 0 Å². The lowest BCUT2D eigenvalue weighted by molar-refractivity contribution is -0.204. The minimum atomic E-state index is -2.39. The molecule has 1 rings (SSSR count). The summed E-state index contributed by atoms with van der Waals surface area (Å²) in [5.74, 6) is -1.49. The third-order valence-electron chi connectivity index (χ3n) is 5.12. The van der Waals surface area contributed by atoms with Crippen molar-refractivity contribution < 1.29 is 8.78 Å². The van der Waals surface area contributed by atoms with Crippen LogP contribution in [0.2, 0.25) is 0 Å². The van der Waals surface area contributed by atoms with Gasteiger partial charge < -0.3 is 0 Å². The Labute approximate surface area is 112 Å². The van der Waals surface area contributed by atoms with Gasteiger partial charge in [0.25, 0.3) is 0 Å². The molecule has 0 spiro atoms. The summed E-state index contributed by atoms with van der Waals surface area (Å²) in [6, 6.07) is 0. The van der Waals surface area contributed by atoms with Crippen molar-refractivity contribution in [2.24, 2.45) is 17.3 Å². The quantitative estimate of drug-likeness (QED) is 0.498. The van der Waals surface area contributed by atoms with Crippen LogP contribution in [0.3, 0.4) is 0 Å². The van der Waals surface area contributed by atoms with E-state index in [1.807, 2.05) is 0 Å². The zero-order valence-corrected chi connectivity index (χ0v) is 12.6. The zero-order chi connectivity index (χ0) is 13.8. The van der Waals surface area contributed by atoms with Gasteiger partial charge in [-0.25, -0.2) is 8.78 Å². The SMILES string of the molecule is CCCCC(C)C1(C(C)CCCC)CC(F)(F)C1. The molecule has 0 N–H and O–H groups in total. The summed E-state index contributed by atoms with van der Waals surface area (Å²) in [4.78, 5) is 0. The summed E-state index contributed by atoms with van der Waals surface area (Å²) in [5.41, 5.74) is -0.0756. The van der Waals surface area contributed by atoms with Crippen molar-refractivity contribution >= 4 is 0 Å². The third-order valence-corrected chi connectivity index (χ3v) is 5.12. The van der Waals surface area contributed by atoms with Crippen LogP contribution < -0.4 is 0 Å². The molecule has 1 aliphatic carbocycles. The molecule has 0 aromatic carbocycles. The second-order valence-corrected chi connectivity index (χ2v) is 6.53. The normalized spacial score (nSPS) is 24.3. The fraction of sp³-hybridized carbons (Fsp3) is 1.00. The molecule has 108 valence electrons. The van der Waals surface area contributed by atoms with Crippen LogP contribution in [0, 0.1) is 17.3 Å². The van der Waals surface area contributed by atoms with Crippen LogP contribution >= 0.6 is 0 Å². The standard InChI is InChI=1S/C16H30F2/c1-5-7-9-13(3)15(11-16(17,18)12-15)14(4)10-8-6-2/h13-14H,5-12H2,1-4H3. The number of unbranched alkanes of at least 4 members (excludes halogenated alkanes) is 2. The van der Waals surface area contributed by atoms with Crippen molar-refractivity contribution in [3.05, 3.63) is 0 Å². The second-order valence-electron chi connectivity index (χ2n) is 6.53. The first kappa shape index (κ1) is 15.9. The summed E-state index contributed by atoms with van der Waals surface area (Å²) >= 11 is 0. The average Bonchev–Trinajstić information content (AvgIpc) is 2.29. The Bertz CT molecular complexity index is 223. The molecule has 0 amide bonds. The van der Waals surface area contributed by atoms with Crippen LogP contribution in [-0.2, 0) is 0 Å². The number of hydrogen-bond acceptors (Lipinski definition) is 0.